The van der Waals surface area contributed by atoms with Gasteiger partial charge < -0.3 is 14.8 Å². The number of carbonyl (C=O) groups excluding carboxylic acids is 2. The number of para-hydroxylation sites is 1. The van der Waals surface area contributed by atoms with Crippen LogP contribution >= 0.6 is 0 Å². The van der Waals surface area contributed by atoms with Crippen LogP contribution in [0.15, 0.2) is 65.3 Å². The number of fused-ring (bicyclic) bond motifs is 1. The van der Waals surface area contributed by atoms with Crippen LogP contribution < -0.4 is 15.5 Å². The molecule has 2 aromatic rings. The van der Waals surface area contributed by atoms with E-state index in [9.17, 15) is 9.59 Å². The molecule has 2 aromatic carbocycles. The first-order chi connectivity index (χ1) is 15.2. The number of ether oxygens (including phenoxy) is 2. The molecule has 2 N–H and O–H groups in total. The zero-order valence-corrected chi connectivity index (χ0v) is 18.8. The molecular weight excluding hydrogens is 406 g/mol. The van der Waals surface area contributed by atoms with Crippen molar-refractivity contribution in [1.82, 2.24) is 10.7 Å². The number of benzene rings is 2. The second-order valence-electron chi connectivity index (χ2n) is 8.57. The second-order valence-corrected chi connectivity index (χ2v) is 8.57. The molecule has 0 spiro atoms. The minimum Gasteiger partial charge on any atom is -0.485 e. The van der Waals surface area contributed by atoms with E-state index >= 15 is 0 Å². The zero-order chi connectivity index (χ0) is 23.1. The Hall–Kier alpha value is -3.61. The molecule has 1 aliphatic rings. The van der Waals surface area contributed by atoms with E-state index in [0.717, 1.165) is 22.4 Å². The summed E-state index contributed by atoms with van der Waals surface area (Å²) in [5.74, 6) is 0.368. The Bertz CT molecular complexity index is 1010. The monoisotopic (exact) mass is 435 g/mol. The molecule has 2 atom stereocenters. The molecule has 7 nitrogen and oxygen atoms in total. The quantitative estimate of drug-likeness (QED) is 0.528. The first-order valence-corrected chi connectivity index (χ1v) is 10.5. The molecule has 7 heteroatoms. The fourth-order valence-corrected chi connectivity index (χ4v) is 3.16. The highest BCUT2D eigenvalue weighted by molar-refractivity contribution is 5.91. The maximum atomic E-state index is 12.8. The van der Waals surface area contributed by atoms with Crippen LogP contribution in [0.3, 0.4) is 0 Å². The number of carbonyl (C=O) groups is 2. The molecule has 0 aliphatic carbocycles. The summed E-state index contributed by atoms with van der Waals surface area (Å²) < 4.78 is 11.2. The van der Waals surface area contributed by atoms with Crippen molar-refractivity contribution in [3.63, 3.8) is 0 Å². The van der Waals surface area contributed by atoms with Gasteiger partial charge in [0, 0.05) is 17.6 Å². The van der Waals surface area contributed by atoms with Gasteiger partial charge in [-0.1, -0.05) is 48.5 Å². The van der Waals surface area contributed by atoms with Gasteiger partial charge in [0.15, 0.2) is 0 Å². The number of hydrogen-bond donors (Lipinski definition) is 2. The fraction of sp³-hybridized carbons (Fsp3) is 0.320. The highest BCUT2D eigenvalue weighted by Crippen LogP contribution is 2.28. The molecule has 2 amide bonds. The van der Waals surface area contributed by atoms with Crippen molar-refractivity contribution in [1.29, 1.82) is 0 Å². The van der Waals surface area contributed by atoms with Gasteiger partial charge in [-0.25, -0.2) is 10.2 Å². The van der Waals surface area contributed by atoms with Crippen LogP contribution in [-0.4, -0.2) is 36.0 Å². The summed E-state index contributed by atoms with van der Waals surface area (Å²) in [6, 6.07) is 16.3. The van der Waals surface area contributed by atoms with Gasteiger partial charge in [-0.3, -0.25) is 4.79 Å². The molecule has 3 rings (SSSR count). The summed E-state index contributed by atoms with van der Waals surface area (Å²) in [6.45, 7) is 7.21. The number of alkyl carbamates (subject to hydrolysis) is 1. The van der Waals surface area contributed by atoms with Gasteiger partial charge in [-0.15, -0.1) is 0 Å². The van der Waals surface area contributed by atoms with Crippen molar-refractivity contribution in [2.45, 2.75) is 51.9 Å². The molecule has 0 bridgehead atoms. The number of hydrogen-bond acceptors (Lipinski definition) is 5. The van der Waals surface area contributed by atoms with Gasteiger partial charge in [0.1, 0.15) is 23.5 Å². The Labute approximate surface area is 188 Å². The lowest BCUT2D eigenvalue weighted by Crippen LogP contribution is -2.48. The van der Waals surface area contributed by atoms with E-state index in [1.807, 2.05) is 67.6 Å². The molecular formula is C25H29N3O4. The smallest absolute Gasteiger partial charge is 0.408 e. The number of nitrogens with zero attached hydrogens (tertiary/aromatic N) is 1. The van der Waals surface area contributed by atoms with Crippen LogP contribution in [0.4, 0.5) is 4.79 Å². The third-order valence-electron chi connectivity index (χ3n) is 4.69. The third-order valence-corrected chi connectivity index (χ3v) is 4.69. The lowest BCUT2D eigenvalue weighted by atomic mass is 10.0. The fourth-order valence-electron chi connectivity index (χ4n) is 3.16. The van der Waals surface area contributed by atoms with E-state index in [1.165, 1.54) is 0 Å². The Kier molecular flexibility index (Phi) is 7.30. The van der Waals surface area contributed by atoms with Crippen LogP contribution in [0, 0.1) is 0 Å². The molecule has 0 saturated carbocycles. The van der Waals surface area contributed by atoms with Crippen molar-refractivity contribution in [2.24, 2.45) is 5.10 Å². The molecule has 0 unspecified atom stereocenters. The first-order valence-electron chi connectivity index (χ1n) is 10.5. The molecule has 0 aromatic heterocycles. The third kappa shape index (κ3) is 6.70. The average Bonchev–Trinajstić information content (AvgIpc) is 2.73. The van der Waals surface area contributed by atoms with Gasteiger partial charge in [-0.05, 0) is 45.4 Å². The van der Waals surface area contributed by atoms with Gasteiger partial charge >= 0.3 is 6.09 Å². The van der Waals surface area contributed by atoms with Crippen molar-refractivity contribution in [3.8, 4) is 5.75 Å². The van der Waals surface area contributed by atoms with Crippen LogP contribution in [0.5, 0.6) is 5.75 Å². The van der Waals surface area contributed by atoms with Gasteiger partial charge in [0.2, 0.25) is 0 Å². The largest absolute Gasteiger partial charge is 0.485 e. The van der Waals surface area contributed by atoms with Gasteiger partial charge in [0.25, 0.3) is 5.91 Å². The Balaban J connectivity index is 1.69. The van der Waals surface area contributed by atoms with Crippen LogP contribution in [0.1, 0.15) is 38.8 Å². The molecule has 1 aliphatic heterocycles. The van der Waals surface area contributed by atoms with Crippen molar-refractivity contribution in [2.75, 3.05) is 0 Å². The second kappa shape index (κ2) is 10.1. The van der Waals surface area contributed by atoms with Crippen molar-refractivity contribution >= 4 is 24.3 Å². The van der Waals surface area contributed by atoms with Crippen LogP contribution in [0.2, 0.25) is 0 Å². The SMILES string of the molecule is C[C@H]1Oc2ccccc2C=C1/C=N\NC(=O)[C@@H](Cc1ccccc1)NC(=O)OC(C)(C)C. The van der Waals surface area contributed by atoms with E-state index in [-0.39, 0.29) is 6.10 Å². The molecule has 32 heavy (non-hydrogen) atoms. The summed E-state index contributed by atoms with van der Waals surface area (Å²) >= 11 is 0. The van der Waals surface area contributed by atoms with E-state index in [1.54, 1.807) is 27.0 Å². The normalized spacial score (nSPS) is 16.4. The topological polar surface area (TPSA) is 89.0 Å². The maximum Gasteiger partial charge on any atom is 0.408 e. The van der Waals surface area contributed by atoms with Crippen LogP contribution in [-0.2, 0) is 16.0 Å². The molecule has 0 fully saturated rings. The average molecular weight is 436 g/mol. The minimum absolute atomic E-state index is 0.203. The number of amides is 2. The molecule has 168 valence electrons. The molecule has 0 radical (unpaired) electrons. The van der Waals surface area contributed by atoms with E-state index < -0.39 is 23.6 Å². The molecule has 1 heterocycles. The predicted molar refractivity (Wildman–Crippen MR) is 124 cm³/mol. The van der Waals surface area contributed by atoms with Gasteiger partial charge in [0.05, 0.1) is 6.21 Å². The lowest BCUT2D eigenvalue weighted by molar-refractivity contribution is -0.123. The summed E-state index contributed by atoms with van der Waals surface area (Å²) in [5, 5.41) is 6.74. The van der Waals surface area contributed by atoms with E-state index in [4.69, 9.17) is 9.47 Å². The van der Waals surface area contributed by atoms with E-state index in [2.05, 4.69) is 15.8 Å². The minimum atomic E-state index is -0.848. The number of rotatable bonds is 6. The van der Waals surface area contributed by atoms with Crippen molar-refractivity contribution < 1.29 is 19.1 Å². The van der Waals surface area contributed by atoms with Crippen LogP contribution in [0.25, 0.3) is 6.08 Å². The van der Waals surface area contributed by atoms with Gasteiger partial charge in [-0.2, -0.15) is 5.10 Å². The zero-order valence-electron chi connectivity index (χ0n) is 18.8. The summed E-state index contributed by atoms with van der Waals surface area (Å²) in [5.41, 5.74) is 4.53. The maximum absolute atomic E-state index is 12.8. The van der Waals surface area contributed by atoms with Crippen molar-refractivity contribution in [3.05, 3.63) is 71.3 Å². The summed E-state index contributed by atoms with van der Waals surface area (Å²) in [6.07, 6.45) is 2.97. The lowest BCUT2D eigenvalue weighted by Gasteiger charge is -2.23. The molecule has 0 saturated heterocycles. The predicted octanol–water partition coefficient (Wildman–Crippen LogP) is 4.09. The van der Waals surface area contributed by atoms with E-state index in [0.29, 0.717) is 6.42 Å². The highest BCUT2D eigenvalue weighted by Gasteiger charge is 2.25. The number of hydrazone groups is 1. The first kappa shape index (κ1) is 23.1. The summed E-state index contributed by atoms with van der Waals surface area (Å²) in [7, 11) is 0. The Morgan fingerprint density at radius 1 is 1.12 bits per heavy atom. The standard InChI is InChI=1S/C25H29N3O4/c1-17-20(15-19-12-8-9-13-22(19)31-17)16-26-28-23(29)21(14-18-10-6-5-7-11-18)27-24(30)32-25(2,3)4/h5-13,15-17,21H,14H2,1-4H3,(H,27,30)(H,28,29)/b26-16-/t17-,21-/m1/s1. The number of nitrogens with one attached hydrogen (secondary N) is 2. The Morgan fingerprint density at radius 3 is 2.53 bits per heavy atom. The Morgan fingerprint density at radius 2 is 1.81 bits per heavy atom. The summed E-state index contributed by atoms with van der Waals surface area (Å²) in [4.78, 5) is 25.1. The highest BCUT2D eigenvalue weighted by atomic mass is 16.6.